The summed E-state index contributed by atoms with van der Waals surface area (Å²) in [7, 11) is 1.16. The zero-order chi connectivity index (χ0) is 11.6. The van der Waals surface area contributed by atoms with Crippen LogP contribution in [0.3, 0.4) is 0 Å². The zero-order valence-corrected chi connectivity index (χ0v) is 9.84. The number of carbonyl (C=O) groups is 1. The van der Waals surface area contributed by atoms with Crippen molar-refractivity contribution < 1.29 is 19.0 Å². The summed E-state index contributed by atoms with van der Waals surface area (Å²) in [4.78, 5) is 11.1. The Morgan fingerprint density at radius 3 is 2.73 bits per heavy atom. The number of esters is 1. The maximum Gasteiger partial charge on any atom is 0.339 e. The first-order valence-corrected chi connectivity index (χ1v) is 4.98. The van der Waals surface area contributed by atoms with E-state index >= 15 is 0 Å². The molecule has 0 fully saturated rings. The van der Waals surface area contributed by atoms with Gasteiger partial charge in [-0.2, -0.15) is 0 Å². The summed E-state index contributed by atoms with van der Waals surface area (Å²) in [5.41, 5.74) is 0.785. The molecule has 0 aliphatic carbocycles. The predicted molar refractivity (Wildman–Crippen MR) is 55.8 cm³/mol. The standard InChI is InChI=1S/C10H10BrFO3/c1-5-3-6(8(11)7(12)4-5)9(13)10(14)15-2/h3-4,9,13H,1-2H3. The van der Waals surface area contributed by atoms with Gasteiger partial charge in [0.05, 0.1) is 11.6 Å². The third-order valence-electron chi connectivity index (χ3n) is 1.92. The minimum atomic E-state index is -1.47. The molecule has 0 saturated heterocycles. The molecule has 0 aromatic heterocycles. The van der Waals surface area contributed by atoms with Gasteiger partial charge in [0.25, 0.3) is 0 Å². The van der Waals surface area contributed by atoms with Crippen LogP contribution in [-0.2, 0) is 9.53 Å². The minimum absolute atomic E-state index is 0.0750. The molecule has 1 unspecified atom stereocenters. The molecule has 0 spiro atoms. The highest BCUT2D eigenvalue weighted by atomic mass is 79.9. The molecule has 0 radical (unpaired) electrons. The van der Waals surface area contributed by atoms with Gasteiger partial charge in [-0.1, -0.05) is 6.07 Å². The van der Waals surface area contributed by atoms with Crippen LogP contribution in [0.25, 0.3) is 0 Å². The van der Waals surface area contributed by atoms with Crippen molar-refractivity contribution in [1.29, 1.82) is 0 Å². The summed E-state index contributed by atoms with van der Waals surface area (Å²) in [6.45, 7) is 1.67. The summed E-state index contributed by atoms with van der Waals surface area (Å²) in [5, 5.41) is 9.55. The Hall–Kier alpha value is -0.940. The maximum absolute atomic E-state index is 13.3. The Bertz CT molecular complexity index is 392. The Labute approximate surface area is 95.0 Å². The molecule has 0 heterocycles. The monoisotopic (exact) mass is 276 g/mol. The molecule has 1 aromatic rings. The number of aryl methyl sites for hydroxylation is 1. The molecule has 15 heavy (non-hydrogen) atoms. The molecule has 0 amide bonds. The minimum Gasteiger partial charge on any atom is -0.467 e. The second kappa shape index (κ2) is 4.72. The average Bonchev–Trinajstić information content (AvgIpc) is 2.21. The topological polar surface area (TPSA) is 46.5 Å². The van der Waals surface area contributed by atoms with E-state index < -0.39 is 17.9 Å². The van der Waals surface area contributed by atoms with Crippen LogP contribution in [0.4, 0.5) is 4.39 Å². The lowest BCUT2D eigenvalue weighted by Gasteiger charge is -2.12. The van der Waals surface area contributed by atoms with E-state index in [1.165, 1.54) is 12.1 Å². The molecule has 1 N–H and O–H groups in total. The lowest BCUT2D eigenvalue weighted by molar-refractivity contribution is -0.150. The molecule has 0 aliphatic rings. The number of aliphatic hydroxyl groups is 1. The first-order valence-electron chi connectivity index (χ1n) is 4.18. The van der Waals surface area contributed by atoms with Crippen molar-refractivity contribution in [3.05, 3.63) is 33.5 Å². The van der Waals surface area contributed by atoms with Crippen molar-refractivity contribution in [3.8, 4) is 0 Å². The van der Waals surface area contributed by atoms with Crippen LogP contribution in [0.1, 0.15) is 17.2 Å². The highest BCUT2D eigenvalue weighted by Crippen LogP contribution is 2.28. The lowest BCUT2D eigenvalue weighted by Crippen LogP contribution is -2.14. The smallest absolute Gasteiger partial charge is 0.339 e. The number of aliphatic hydroxyl groups excluding tert-OH is 1. The number of rotatable bonds is 2. The van der Waals surface area contributed by atoms with E-state index in [0.29, 0.717) is 5.56 Å². The van der Waals surface area contributed by atoms with Gasteiger partial charge in [-0.3, -0.25) is 0 Å². The van der Waals surface area contributed by atoms with Gasteiger partial charge in [0, 0.05) is 5.56 Å². The fraction of sp³-hybridized carbons (Fsp3) is 0.300. The number of hydrogen-bond donors (Lipinski definition) is 1. The summed E-state index contributed by atoms with van der Waals surface area (Å²) < 4.78 is 17.7. The van der Waals surface area contributed by atoms with E-state index in [-0.39, 0.29) is 10.0 Å². The molecule has 5 heteroatoms. The van der Waals surface area contributed by atoms with Gasteiger partial charge < -0.3 is 9.84 Å². The Morgan fingerprint density at radius 1 is 1.60 bits per heavy atom. The third kappa shape index (κ3) is 2.54. The van der Waals surface area contributed by atoms with E-state index in [1.54, 1.807) is 6.92 Å². The maximum atomic E-state index is 13.3. The van der Waals surface area contributed by atoms with Crippen LogP contribution < -0.4 is 0 Å². The number of carbonyl (C=O) groups excluding carboxylic acids is 1. The van der Waals surface area contributed by atoms with Gasteiger partial charge in [-0.15, -0.1) is 0 Å². The van der Waals surface area contributed by atoms with Crippen LogP contribution in [-0.4, -0.2) is 18.2 Å². The number of hydrogen-bond acceptors (Lipinski definition) is 3. The zero-order valence-electron chi connectivity index (χ0n) is 8.25. The Morgan fingerprint density at radius 2 is 2.20 bits per heavy atom. The molecule has 1 aromatic carbocycles. The molecule has 0 aliphatic heterocycles. The normalized spacial score (nSPS) is 12.3. The summed E-state index contributed by atoms with van der Waals surface area (Å²) in [5.74, 6) is -1.34. The van der Waals surface area contributed by atoms with E-state index in [2.05, 4.69) is 20.7 Å². The molecular weight excluding hydrogens is 267 g/mol. The average molecular weight is 277 g/mol. The summed E-state index contributed by atoms with van der Waals surface area (Å²) >= 11 is 2.97. The first kappa shape index (κ1) is 12.1. The van der Waals surface area contributed by atoms with Gasteiger partial charge >= 0.3 is 5.97 Å². The third-order valence-corrected chi connectivity index (χ3v) is 2.76. The van der Waals surface area contributed by atoms with Crippen molar-refractivity contribution in [2.75, 3.05) is 7.11 Å². The fourth-order valence-electron chi connectivity index (χ4n) is 1.19. The molecule has 0 bridgehead atoms. The Balaban J connectivity index is 3.19. The van der Waals surface area contributed by atoms with Crippen LogP contribution in [0, 0.1) is 12.7 Å². The number of ether oxygens (including phenoxy) is 1. The summed E-state index contributed by atoms with van der Waals surface area (Å²) in [6.07, 6.45) is -1.47. The van der Waals surface area contributed by atoms with Gasteiger partial charge in [0.15, 0.2) is 6.10 Å². The van der Waals surface area contributed by atoms with Crippen molar-refractivity contribution in [1.82, 2.24) is 0 Å². The van der Waals surface area contributed by atoms with E-state index in [4.69, 9.17) is 0 Å². The largest absolute Gasteiger partial charge is 0.467 e. The van der Waals surface area contributed by atoms with Crippen molar-refractivity contribution in [3.63, 3.8) is 0 Å². The Kier molecular flexibility index (Phi) is 3.82. The van der Waals surface area contributed by atoms with Gasteiger partial charge in [-0.25, -0.2) is 9.18 Å². The van der Waals surface area contributed by atoms with E-state index in [1.807, 2.05) is 0 Å². The van der Waals surface area contributed by atoms with Gasteiger partial charge in [0.1, 0.15) is 5.82 Å². The second-order valence-corrected chi connectivity index (χ2v) is 3.87. The highest BCUT2D eigenvalue weighted by Gasteiger charge is 2.22. The molecular formula is C10H10BrFO3. The first-order chi connectivity index (χ1) is 6.97. The van der Waals surface area contributed by atoms with Crippen LogP contribution >= 0.6 is 15.9 Å². The molecule has 82 valence electrons. The predicted octanol–water partition coefficient (Wildman–Crippen LogP) is 2.10. The molecule has 1 rings (SSSR count). The molecule has 3 nitrogen and oxygen atoms in total. The fourth-order valence-corrected chi connectivity index (χ4v) is 1.63. The molecule has 0 saturated carbocycles. The SMILES string of the molecule is COC(=O)C(O)c1cc(C)cc(F)c1Br. The van der Waals surface area contributed by atoms with E-state index in [9.17, 15) is 14.3 Å². The van der Waals surface area contributed by atoms with Gasteiger partial charge in [0.2, 0.25) is 0 Å². The number of methoxy groups -OCH3 is 1. The van der Waals surface area contributed by atoms with Crippen molar-refractivity contribution in [2.24, 2.45) is 0 Å². The lowest BCUT2D eigenvalue weighted by atomic mass is 10.1. The van der Waals surface area contributed by atoms with E-state index in [0.717, 1.165) is 7.11 Å². The number of halogens is 2. The van der Waals surface area contributed by atoms with Crippen molar-refractivity contribution in [2.45, 2.75) is 13.0 Å². The van der Waals surface area contributed by atoms with Crippen LogP contribution in [0.15, 0.2) is 16.6 Å². The highest BCUT2D eigenvalue weighted by molar-refractivity contribution is 9.10. The van der Waals surface area contributed by atoms with Crippen molar-refractivity contribution >= 4 is 21.9 Å². The molecule has 1 atom stereocenters. The number of benzene rings is 1. The van der Waals surface area contributed by atoms with Crippen LogP contribution in [0.2, 0.25) is 0 Å². The summed E-state index contributed by atoms with van der Waals surface area (Å²) in [6, 6.07) is 2.83. The van der Waals surface area contributed by atoms with Gasteiger partial charge in [-0.05, 0) is 34.5 Å². The quantitative estimate of drug-likeness (QED) is 0.842. The second-order valence-electron chi connectivity index (χ2n) is 3.08. The van der Waals surface area contributed by atoms with Crippen LogP contribution in [0.5, 0.6) is 0 Å².